The lowest BCUT2D eigenvalue weighted by Gasteiger charge is -2.31. The summed E-state index contributed by atoms with van der Waals surface area (Å²) in [7, 11) is 1.80. The van der Waals surface area contributed by atoms with Gasteiger partial charge in [-0.3, -0.25) is 4.90 Å². The van der Waals surface area contributed by atoms with Gasteiger partial charge >= 0.3 is 12.1 Å². The fraction of sp³-hybridized carbons (Fsp3) is 0.500. The number of likely N-dealkylation sites (tertiary alicyclic amines) is 1. The minimum absolute atomic E-state index is 0.415. The van der Waals surface area contributed by atoms with Gasteiger partial charge < -0.3 is 9.84 Å². The molecule has 1 fully saturated rings. The van der Waals surface area contributed by atoms with E-state index in [-0.39, 0.29) is 0 Å². The van der Waals surface area contributed by atoms with Crippen LogP contribution in [0, 0.1) is 0 Å². The van der Waals surface area contributed by atoms with Crippen molar-refractivity contribution in [3.05, 3.63) is 29.8 Å². The zero-order valence-corrected chi connectivity index (χ0v) is 14.6. The maximum Gasteiger partial charge on any atom is 0.490 e. The molecule has 0 radical (unpaired) electrons. The molecule has 27 heavy (non-hydrogen) atoms. The van der Waals surface area contributed by atoms with Gasteiger partial charge in [0.1, 0.15) is 0 Å². The molecule has 0 unspecified atom stereocenters. The van der Waals surface area contributed by atoms with Crippen LogP contribution in [0.1, 0.15) is 18.4 Å². The zero-order valence-electron chi connectivity index (χ0n) is 14.6. The number of aromatic amines is 1. The Morgan fingerprint density at radius 2 is 1.96 bits per heavy atom. The number of alkyl halides is 3. The molecule has 3 rings (SSSR count). The number of benzene rings is 1. The highest BCUT2D eigenvalue weighted by Gasteiger charge is 2.38. The number of halogens is 3. The van der Waals surface area contributed by atoms with Gasteiger partial charge in [0.15, 0.2) is 0 Å². The van der Waals surface area contributed by atoms with E-state index < -0.39 is 12.1 Å². The van der Waals surface area contributed by atoms with Gasteiger partial charge in [0.25, 0.3) is 0 Å². The normalized spacial score (nSPS) is 15.9. The van der Waals surface area contributed by atoms with Crippen molar-refractivity contribution in [2.45, 2.75) is 31.7 Å². The monoisotopic (exact) mass is 387 g/mol. The highest BCUT2D eigenvalue weighted by Crippen LogP contribution is 2.22. The van der Waals surface area contributed by atoms with Crippen molar-refractivity contribution in [2.75, 3.05) is 20.2 Å². The summed E-state index contributed by atoms with van der Waals surface area (Å²) in [5.41, 5.74) is 2.29. The Kier molecular flexibility index (Phi) is 7.25. The Morgan fingerprint density at radius 3 is 2.48 bits per heavy atom. The summed E-state index contributed by atoms with van der Waals surface area (Å²) in [6, 6.07) is 8.24. The van der Waals surface area contributed by atoms with Crippen LogP contribution < -0.4 is 0 Å². The number of nitrogens with zero attached hydrogens (tertiary/aromatic N) is 4. The van der Waals surface area contributed by atoms with E-state index in [1.165, 1.54) is 5.56 Å². The molecular weight excluding hydrogens is 367 g/mol. The summed E-state index contributed by atoms with van der Waals surface area (Å²) >= 11 is 0. The predicted molar refractivity (Wildman–Crippen MR) is 88.6 cm³/mol. The molecule has 0 saturated carbocycles. The van der Waals surface area contributed by atoms with E-state index in [0.29, 0.717) is 11.9 Å². The second-order valence-corrected chi connectivity index (χ2v) is 5.91. The van der Waals surface area contributed by atoms with Crippen LogP contribution in [0.4, 0.5) is 13.2 Å². The van der Waals surface area contributed by atoms with Crippen molar-refractivity contribution >= 4 is 5.97 Å². The van der Waals surface area contributed by atoms with Crippen LogP contribution in [-0.2, 0) is 16.1 Å². The standard InChI is InChI=1S/C14H19N5O.C2HF3O2/c1-20-12-6-8-19(9-7-12)10-11-4-2-3-5-13(11)14-15-17-18-16-14;3-2(4,5)1(6)7/h2-5,12H,6-10H2,1H3,(H,15,16,17,18);(H,6,7). The number of H-pyrrole nitrogens is 1. The van der Waals surface area contributed by atoms with Gasteiger partial charge in [-0.25, -0.2) is 4.79 Å². The molecule has 0 atom stereocenters. The van der Waals surface area contributed by atoms with Crippen molar-refractivity contribution in [2.24, 2.45) is 0 Å². The third-order valence-electron chi connectivity index (χ3n) is 4.11. The molecule has 1 aromatic carbocycles. The van der Waals surface area contributed by atoms with Crippen LogP contribution in [-0.4, -0.2) is 69.1 Å². The van der Waals surface area contributed by atoms with Gasteiger partial charge in [-0.15, -0.1) is 10.2 Å². The number of tetrazole rings is 1. The van der Waals surface area contributed by atoms with E-state index in [2.05, 4.69) is 37.7 Å². The van der Waals surface area contributed by atoms with E-state index in [0.717, 1.165) is 38.0 Å². The summed E-state index contributed by atoms with van der Waals surface area (Å²) in [4.78, 5) is 11.3. The number of carbonyl (C=O) groups is 1. The van der Waals surface area contributed by atoms with Gasteiger partial charge in [0, 0.05) is 32.3 Å². The second-order valence-electron chi connectivity index (χ2n) is 5.91. The first-order valence-corrected chi connectivity index (χ1v) is 8.18. The number of ether oxygens (including phenoxy) is 1. The molecule has 2 aromatic rings. The molecule has 1 aromatic heterocycles. The highest BCUT2D eigenvalue weighted by atomic mass is 19.4. The number of aliphatic carboxylic acids is 1. The fourth-order valence-corrected chi connectivity index (χ4v) is 2.70. The average molecular weight is 387 g/mol. The van der Waals surface area contributed by atoms with Crippen molar-refractivity contribution in [3.63, 3.8) is 0 Å². The van der Waals surface area contributed by atoms with Crippen molar-refractivity contribution in [1.82, 2.24) is 25.5 Å². The van der Waals surface area contributed by atoms with Crippen molar-refractivity contribution < 1.29 is 27.8 Å². The first kappa shape index (κ1) is 20.8. The SMILES string of the molecule is COC1CCN(Cc2ccccc2-c2nn[nH]n2)CC1.O=C(O)C(F)(F)F. The quantitative estimate of drug-likeness (QED) is 0.828. The van der Waals surface area contributed by atoms with Crippen LogP contribution in [0.2, 0.25) is 0 Å². The number of nitrogens with one attached hydrogen (secondary N) is 1. The first-order valence-electron chi connectivity index (χ1n) is 8.18. The molecule has 2 heterocycles. The minimum Gasteiger partial charge on any atom is -0.475 e. The lowest BCUT2D eigenvalue weighted by molar-refractivity contribution is -0.192. The number of rotatable bonds is 4. The summed E-state index contributed by atoms with van der Waals surface area (Å²) in [6.45, 7) is 3.05. The minimum atomic E-state index is -5.08. The third kappa shape index (κ3) is 6.29. The number of aromatic nitrogens is 4. The van der Waals surface area contributed by atoms with Gasteiger partial charge in [-0.05, 0) is 23.6 Å². The molecule has 0 bridgehead atoms. The highest BCUT2D eigenvalue weighted by molar-refractivity contribution is 5.73. The van der Waals surface area contributed by atoms with Crippen molar-refractivity contribution in [3.8, 4) is 11.4 Å². The maximum atomic E-state index is 10.6. The lowest BCUT2D eigenvalue weighted by atomic mass is 10.0. The maximum absolute atomic E-state index is 10.6. The van der Waals surface area contributed by atoms with E-state index in [9.17, 15) is 13.2 Å². The zero-order chi connectivity index (χ0) is 19.9. The molecule has 2 N–H and O–H groups in total. The number of methoxy groups -OCH3 is 1. The Labute approximate surface area is 153 Å². The molecule has 1 aliphatic heterocycles. The molecule has 1 saturated heterocycles. The van der Waals surface area contributed by atoms with Gasteiger partial charge in [-0.2, -0.15) is 18.4 Å². The molecular formula is C16H20F3N5O3. The topological polar surface area (TPSA) is 104 Å². The first-order chi connectivity index (χ1) is 12.8. The van der Waals surface area contributed by atoms with E-state index in [1.54, 1.807) is 7.11 Å². The van der Waals surface area contributed by atoms with Gasteiger partial charge in [0.05, 0.1) is 6.10 Å². The van der Waals surface area contributed by atoms with Crippen LogP contribution in [0.5, 0.6) is 0 Å². The van der Waals surface area contributed by atoms with E-state index in [4.69, 9.17) is 14.6 Å². The van der Waals surface area contributed by atoms with Crippen LogP contribution >= 0.6 is 0 Å². The number of carboxylic acids is 1. The van der Waals surface area contributed by atoms with E-state index in [1.807, 2.05) is 12.1 Å². The lowest BCUT2D eigenvalue weighted by Crippen LogP contribution is -2.36. The summed E-state index contributed by atoms with van der Waals surface area (Å²) in [6.07, 6.45) is -2.47. The van der Waals surface area contributed by atoms with Crippen LogP contribution in [0.15, 0.2) is 24.3 Å². The fourth-order valence-electron chi connectivity index (χ4n) is 2.70. The predicted octanol–water partition coefficient (Wildman–Crippen LogP) is 2.11. The van der Waals surface area contributed by atoms with Gasteiger partial charge in [0.2, 0.25) is 5.82 Å². The number of hydrogen-bond acceptors (Lipinski definition) is 6. The third-order valence-corrected chi connectivity index (χ3v) is 4.11. The van der Waals surface area contributed by atoms with Crippen molar-refractivity contribution in [1.29, 1.82) is 0 Å². The van der Waals surface area contributed by atoms with Crippen LogP contribution in [0.3, 0.4) is 0 Å². The molecule has 0 amide bonds. The molecule has 8 nitrogen and oxygen atoms in total. The summed E-state index contributed by atoms with van der Waals surface area (Å²) in [5, 5.41) is 21.4. The van der Waals surface area contributed by atoms with Crippen LogP contribution in [0.25, 0.3) is 11.4 Å². The molecule has 148 valence electrons. The van der Waals surface area contributed by atoms with Gasteiger partial charge in [-0.1, -0.05) is 24.3 Å². The molecule has 1 aliphatic rings. The Bertz CT molecular complexity index is 716. The Morgan fingerprint density at radius 1 is 1.33 bits per heavy atom. The largest absolute Gasteiger partial charge is 0.490 e. The Hall–Kier alpha value is -2.53. The molecule has 0 aliphatic carbocycles. The molecule has 0 spiro atoms. The van der Waals surface area contributed by atoms with E-state index >= 15 is 0 Å². The average Bonchev–Trinajstić information content (AvgIpc) is 3.17. The number of hydrogen-bond donors (Lipinski definition) is 2. The second kappa shape index (κ2) is 9.42. The smallest absolute Gasteiger partial charge is 0.475 e. The molecule has 11 heteroatoms. The summed E-state index contributed by atoms with van der Waals surface area (Å²) in [5.74, 6) is -2.10. The summed E-state index contributed by atoms with van der Waals surface area (Å²) < 4.78 is 37.1. The number of carboxylic acid groups (broad SMARTS) is 1. The Balaban J connectivity index is 0.000000321. The number of piperidine rings is 1.